The van der Waals surface area contributed by atoms with Crippen molar-refractivity contribution in [1.29, 1.82) is 0 Å². The van der Waals surface area contributed by atoms with Gasteiger partial charge in [0.25, 0.3) is 0 Å². The van der Waals surface area contributed by atoms with E-state index in [4.69, 9.17) is 25.8 Å². The number of hydrogen-bond donors (Lipinski definition) is 0. The van der Waals surface area contributed by atoms with Crippen molar-refractivity contribution in [3.63, 3.8) is 0 Å². The fraction of sp³-hybridized carbons (Fsp3) is 0.167. The summed E-state index contributed by atoms with van der Waals surface area (Å²) in [4.78, 5) is 6.71. The average molecular weight is 319 g/mol. The van der Waals surface area contributed by atoms with Gasteiger partial charge >= 0.3 is 6.18 Å². The SMILES string of the molecule is FC(F)(F)c1cc(Oc2ccc3c(c2)OCO3)nc(Cl)n1. The van der Waals surface area contributed by atoms with Gasteiger partial charge in [0.2, 0.25) is 18.0 Å². The quantitative estimate of drug-likeness (QED) is 0.791. The standard InChI is InChI=1S/C12H6ClF3N2O3/c13-11-17-9(12(14,15)16)4-10(18-11)21-6-1-2-7-8(3-6)20-5-19-7/h1-4H,5H2. The number of rotatable bonds is 2. The molecule has 0 aliphatic carbocycles. The fourth-order valence-corrected chi connectivity index (χ4v) is 1.83. The van der Waals surface area contributed by atoms with Gasteiger partial charge in [-0.15, -0.1) is 0 Å². The maximum Gasteiger partial charge on any atom is 0.433 e. The molecule has 2 heterocycles. The molecular weight excluding hydrogens is 313 g/mol. The van der Waals surface area contributed by atoms with Crippen molar-refractivity contribution in [1.82, 2.24) is 9.97 Å². The lowest BCUT2D eigenvalue weighted by molar-refractivity contribution is -0.141. The lowest BCUT2D eigenvalue weighted by atomic mass is 10.3. The van der Waals surface area contributed by atoms with E-state index in [1.165, 1.54) is 12.1 Å². The van der Waals surface area contributed by atoms with Gasteiger partial charge in [-0.3, -0.25) is 0 Å². The Morgan fingerprint density at radius 3 is 2.62 bits per heavy atom. The molecule has 0 atom stereocenters. The van der Waals surface area contributed by atoms with Crippen molar-refractivity contribution in [2.45, 2.75) is 6.18 Å². The highest BCUT2D eigenvalue weighted by Gasteiger charge is 2.34. The minimum absolute atomic E-state index is 0.0797. The van der Waals surface area contributed by atoms with Crippen molar-refractivity contribution in [2.24, 2.45) is 0 Å². The number of benzene rings is 1. The summed E-state index contributed by atoms with van der Waals surface area (Å²) in [7, 11) is 0. The molecule has 0 unspecified atom stereocenters. The third-order valence-electron chi connectivity index (χ3n) is 2.53. The van der Waals surface area contributed by atoms with Gasteiger partial charge in [0.15, 0.2) is 17.2 Å². The predicted octanol–water partition coefficient (Wildman–Crippen LogP) is 3.67. The Hall–Kier alpha value is -2.22. The molecule has 110 valence electrons. The molecular formula is C12H6ClF3N2O3. The van der Waals surface area contributed by atoms with E-state index in [9.17, 15) is 13.2 Å². The van der Waals surface area contributed by atoms with Crippen LogP contribution in [-0.4, -0.2) is 16.8 Å². The molecule has 9 heteroatoms. The van der Waals surface area contributed by atoms with E-state index < -0.39 is 17.2 Å². The highest BCUT2D eigenvalue weighted by Crippen LogP contribution is 2.37. The third kappa shape index (κ3) is 2.94. The maximum absolute atomic E-state index is 12.6. The van der Waals surface area contributed by atoms with Gasteiger partial charge in [0, 0.05) is 12.1 Å². The van der Waals surface area contributed by atoms with Crippen LogP contribution in [0.25, 0.3) is 0 Å². The lowest BCUT2D eigenvalue weighted by Crippen LogP contribution is -2.09. The first-order valence-corrected chi connectivity index (χ1v) is 5.99. The number of nitrogens with zero attached hydrogens (tertiary/aromatic N) is 2. The van der Waals surface area contributed by atoms with Crippen LogP contribution in [0.3, 0.4) is 0 Å². The summed E-state index contributed by atoms with van der Waals surface area (Å²) in [5.41, 5.74) is -1.18. The number of fused-ring (bicyclic) bond motifs is 1. The van der Waals surface area contributed by atoms with Gasteiger partial charge in [0.1, 0.15) is 5.75 Å². The number of ether oxygens (including phenoxy) is 3. The number of aromatic nitrogens is 2. The lowest BCUT2D eigenvalue weighted by Gasteiger charge is -2.09. The van der Waals surface area contributed by atoms with E-state index in [0.717, 1.165) is 0 Å². The van der Waals surface area contributed by atoms with Crippen molar-refractivity contribution in [3.05, 3.63) is 35.2 Å². The van der Waals surface area contributed by atoms with Gasteiger partial charge in [-0.05, 0) is 23.7 Å². The topological polar surface area (TPSA) is 53.5 Å². The summed E-state index contributed by atoms with van der Waals surface area (Å²) in [6.07, 6.45) is -4.64. The smallest absolute Gasteiger partial charge is 0.433 e. The summed E-state index contributed by atoms with van der Waals surface area (Å²) in [5, 5.41) is -0.555. The molecule has 0 bridgehead atoms. The summed E-state index contributed by atoms with van der Waals surface area (Å²) in [5.74, 6) is 0.881. The summed E-state index contributed by atoms with van der Waals surface area (Å²) >= 11 is 5.47. The summed E-state index contributed by atoms with van der Waals surface area (Å²) in [6.45, 7) is 0.0797. The Morgan fingerprint density at radius 2 is 1.86 bits per heavy atom. The van der Waals surface area contributed by atoms with E-state index in [1.807, 2.05) is 0 Å². The summed E-state index contributed by atoms with van der Waals surface area (Å²) in [6, 6.07) is 5.23. The van der Waals surface area contributed by atoms with Crippen LogP contribution in [0.4, 0.5) is 13.2 Å². The monoisotopic (exact) mass is 318 g/mol. The average Bonchev–Trinajstić information content (AvgIpc) is 2.84. The van der Waals surface area contributed by atoms with E-state index in [0.29, 0.717) is 17.6 Å². The van der Waals surface area contributed by atoms with Crippen LogP contribution >= 0.6 is 11.6 Å². The van der Waals surface area contributed by atoms with E-state index >= 15 is 0 Å². The Bertz CT molecular complexity index is 694. The van der Waals surface area contributed by atoms with Crippen LogP contribution in [0.5, 0.6) is 23.1 Å². The molecule has 2 aromatic rings. The molecule has 5 nitrogen and oxygen atoms in total. The molecule has 0 N–H and O–H groups in total. The van der Waals surface area contributed by atoms with E-state index in [2.05, 4.69) is 9.97 Å². The Kier molecular flexibility index (Phi) is 3.25. The maximum atomic E-state index is 12.6. The van der Waals surface area contributed by atoms with Crippen LogP contribution in [-0.2, 0) is 6.18 Å². The van der Waals surface area contributed by atoms with Crippen molar-refractivity contribution in [2.75, 3.05) is 6.79 Å². The molecule has 1 aromatic carbocycles. The van der Waals surface area contributed by atoms with Gasteiger partial charge < -0.3 is 14.2 Å². The van der Waals surface area contributed by atoms with Crippen molar-refractivity contribution in [3.8, 4) is 23.1 Å². The van der Waals surface area contributed by atoms with Crippen LogP contribution in [0.15, 0.2) is 24.3 Å². The second-order valence-corrected chi connectivity index (χ2v) is 4.31. The highest BCUT2D eigenvalue weighted by molar-refractivity contribution is 6.28. The van der Waals surface area contributed by atoms with Gasteiger partial charge in [-0.1, -0.05) is 0 Å². The summed E-state index contributed by atoms with van der Waals surface area (Å²) < 4.78 is 53.4. The molecule has 0 spiro atoms. The molecule has 0 radical (unpaired) electrons. The van der Waals surface area contributed by atoms with Crippen LogP contribution in [0.2, 0.25) is 5.28 Å². The van der Waals surface area contributed by atoms with Crippen molar-refractivity contribution < 1.29 is 27.4 Å². The molecule has 0 amide bonds. The minimum Gasteiger partial charge on any atom is -0.454 e. The number of hydrogen-bond acceptors (Lipinski definition) is 5. The van der Waals surface area contributed by atoms with Crippen LogP contribution in [0, 0.1) is 0 Å². The minimum atomic E-state index is -4.64. The zero-order valence-electron chi connectivity index (χ0n) is 10.1. The number of halogens is 4. The largest absolute Gasteiger partial charge is 0.454 e. The molecule has 1 aliphatic rings. The fourth-order valence-electron chi connectivity index (χ4n) is 1.66. The highest BCUT2D eigenvalue weighted by atomic mass is 35.5. The second kappa shape index (κ2) is 4.96. The Morgan fingerprint density at radius 1 is 1.10 bits per heavy atom. The van der Waals surface area contributed by atoms with Gasteiger partial charge in [0.05, 0.1) is 0 Å². The molecule has 1 aromatic heterocycles. The van der Waals surface area contributed by atoms with Crippen molar-refractivity contribution >= 4 is 11.6 Å². The van der Waals surface area contributed by atoms with Crippen LogP contribution < -0.4 is 14.2 Å². The first-order chi connectivity index (χ1) is 9.91. The second-order valence-electron chi connectivity index (χ2n) is 3.98. The molecule has 0 fully saturated rings. The zero-order valence-corrected chi connectivity index (χ0v) is 10.9. The molecule has 0 saturated heterocycles. The zero-order chi connectivity index (χ0) is 15.0. The first kappa shape index (κ1) is 13.7. The van der Waals surface area contributed by atoms with Gasteiger partial charge in [-0.25, -0.2) is 4.98 Å². The Labute approximate surface area is 121 Å². The normalized spacial score (nSPS) is 13.3. The van der Waals surface area contributed by atoms with E-state index in [1.54, 1.807) is 6.07 Å². The predicted molar refractivity (Wildman–Crippen MR) is 64.7 cm³/mol. The molecule has 3 rings (SSSR count). The van der Waals surface area contributed by atoms with Gasteiger partial charge in [-0.2, -0.15) is 18.2 Å². The number of alkyl halides is 3. The Balaban J connectivity index is 1.89. The molecule has 1 aliphatic heterocycles. The first-order valence-electron chi connectivity index (χ1n) is 5.61. The molecule has 21 heavy (non-hydrogen) atoms. The van der Waals surface area contributed by atoms with E-state index in [-0.39, 0.29) is 18.4 Å². The molecule has 0 saturated carbocycles. The van der Waals surface area contributed by atoms with Crippen LogP contribution in [0.1, 0.15) is 5.69 Å². The third-order valence-corrected chi connectivity index (χ3v) is 2.70.